The van der Waals surface area contributed by atoms with Gasteiger partial charge in [-0.2, -0.15) is 13.2 Å². The van der Waals surface area contributed by atoms with Gasteiger partial charge >= 0.3 is 6.18 Å². The van der Waals surface area contributed by atoms with Crippen LogP contribution < -0.4 is 5.32 Å². The Hall–Kier alpha value is -3.25. The van der Waals surface area contributed by atoms with Crippen LogP contribution in [0.15, 0.2) is 30.5 Å². The average molecular weight is 564 g/mol. The molecule has 0 saturated carbocycles. The van der Waals surface area contributed by atoms with Gasteiger partial charge in [-0.25, -0.2) is 9.97 Å². The summed E-state index contributed by atoms with van der Waals surface area (Å²) >= 11 is 1.47. The lowest BCUT2D eigenvalue weighted by atomic mass is 9.94. The number of piperidine rings is 1. The van der Waals surface area contributed by atoms with E-state index in [0.29, 0.717) is 37.3 Å². The number of halogens is 3. The summed E-state index contributed by atoms with van der Waals surface area (Å²) in [5, 5.41) is 4.10. The van der Waals surface area contributed by atoms with Gasteiger partial charge in [0.2, 0.25) is 11.8 Å². The Morgan fingerprint density at radius 1 is 1.21 bits per heavy atom. The van der Waals surface area contributed by atoms with Gasteiger partial charge in [-0.1, -0.05) is 23.5 Å². The molecule has 2 amide bonds. The molecule has 3 aromatic rings. The van der Waals surface area contributed by atoms with Crippen molar-refractivity contribution in [3.05, 3.63) is 46.6 Å². The van der Waals surface area contributed by atoms with Crippen LogP contribution in [-0.2, 0) is 14.3 Å². The molecule has 1 fully saturated rings. The van der Waals surface area contributed by atoms with Crippen LogP contribution in [0.4, 0.5) is 24.5 Å². The van der Waals surface area contributed by atoms with Crippen molar-refractivity contribution >= 4 is 44.9 Å². The molecule has 2 atom stereocenters. The highest BCUT2D eigenvalue weighted by Crippen LogP contribution is 2.40. The predicted molar refractivity (Wildman–Crippen MR) is 144 cm³/mol. The third-order valence-corrected chi connectivity index (χ3v) is 8.05. The van der Waals surface area contributed by atoms with E-state index in [4.69, 9.17) is 4.74 Å². The number of anilines is 2. The number of thiazole rings is 1. The summed E-state index contributed by atoms with van der Waals surface area (Å²) in [7, 11) is 2.79. The summed E-state index contributed by atoms with van der Waals surface area (Å²) in [5.41, 5.74) is 2.69. The first-order valence-electron chi connectivity index (χ1n) is 12.7. The summed E-state index contributed by atoms with van der Waals surface area (Å²) in [4.78, 5) is 36.9. The Morgan fingerprint density at radius 3 is 2.41 bits per heavy atom. The Bertz CT molecular complexity index is 1340. The van der Waals surface area contributed by atoms with E-state index in [1.54, 1.807) is 30.3 Å². The molecule has 0 unspecified atom stereocenters. The van der Waals surface area contributed by atoms with Crippen molar-refractivity contribution in [2.24, 2.45) is 5.92 Å². The fourth-order valence-corrected chi connectivity index (χ4v) is 5.80. The molecule has 1 aromatic carbocycles. The molecule has 0 bridgehead atoms. The van der Waals surface area contributed by atoms with Gasteiger partial charge < -0.3 is 19.9 Å². The van der Waals surface area contributed by atoms with E-state index in [1.165, 1.54) is 37.4 Å². The lowest BCUT2D eigenvalue weighted by molar-refractivity contribution is -0.191. The van der Waals surface area contributed by atoms with Gasteiger partial charge in [0, 0.05) is 51.3 Å². The summed E-state index contributed by atoms with van der Waals surface area (Å²) < 4.78 is 48.3. The quantitative estimate of drug-likeness (QED) is 0.393. The molecule has 3 heterocycles. The van der Waals surface area contributed by atoms with Crippen molar-refractivity contribution in [3.8, 4) is 0 Å². The SMILES string of the molecule is CO[C@@H](C)c1c(Nc2ccc([C@H](N(C)C(=O)C3CCN(C(C)=O)CC3)C(F)(F)F)cc2)cnc2sc(C)nc12. The number of hydrogen-bond donors (Lipinski definition) is 1. The monoisotopic (exact) mass is 563 g/mol. The van der Waals surface area contributed by atoms with Crippen molar-refractivity contribution in [1.82, 2.24) is 19.8 Å². The fourth-order valence-electron chi connectivity index (χ4n) is 5.02. The van der Waals surface area contributed by atoms with Gasteiger partial charge in [0.1, 0.15) is 10.3 Å². The number of aryl methyl sites for hydroxylation is 1. The summed E-state index contributed by atoms with van der Waals surface area (Å²) in [6.07, 6.45) is -2.61. The van der Waals surface area contributed by atoms with E-state index in [-0.39, 0.29) is 17.6 Å². The van der Waals surface area contributed by atoms with Gasteiger partial charge in [-0.3, -0.25) is 9.59 Å². The molecule has 0 spiro atoms. The van der Waals surface area contributed by atoms with E-state index in [2.05, 4.69) is 15.3 Å². The molecule has 12 heteroatoms. The van der Waals surface area contributed by atoms with Crippen LogP contribution in [-0.4, -0.2) is 65.0 Å². The smallest absolute Gasteiger partial charge is 0.377 e. The number of likely N-dealkylation sites (tertiary alicyclic amines) is 1. The maximum absolute atomic E-state index is 14.2. The minimum atomic E-state index is -4.67. The Morgan fingerprint density at radius 2 is 1.85 bits per heavy atom. The minimum Gasteiger partial charge on any atom is -0.377 e. The number of pyridine rings is 1. The molecule has 4 rings (SSSR count). The third kappa shape index (κ3) is 6.17. The van der Waals surface area contributed by atoms with Crippen molar-refractivity contribution in [2.45, 2.75) is 51.9 Å². The molecule has 0 radical (unpaired) electrons. The first-order valence-corrected chi connectivity index (χ1v) is 13.5. The Balaban J connectivity index is 1.56. The summed E-state index contributed by atoms with van der Waals surface area (Å²) in [6.45, 7) is 5.96. The predicted octanol–water partition coefficient (Wildman–Crippen LogP) is 5.77. The first kappa shape index (κ1) is 28.8. The molecule has 1 N–H and O–H groups in total. The summed E-state index contributed by atoms with van der Waals surface area (Å²) in [5.74, 6) is -1.23. The van der Waals surface area contributed by atoms with Gasteiger partial charge in [-0.15, -0.1) is 0 Å². The molecule has 8 nitrogen and oxygen atoms in total. The van der Waals surface area contributed by atoms with Gasteiger partial charge in [-0.05, 0) is 44.4 Å². The maximum Gasteiger partial charge on any atom is 0.413 e. The molecule has 2 aromatic heterocycles. The van der Waals surface area contributed by atoms with Gasteiger partial charge in [0.05, 0.1) is 23.0 Å². The molecular formula is C27H32F3N5O3S. The Labute approximate surface area is 229 Å². The van der Waals surface area contributed by atoms with Gasteiger partial charge in [0.15, 0.2) is 6.04 Å². The zero-order valence-electron chi connectivity index (χ0n) is 22.5. The number of fused-ring (bicyclic) bond motifs is 1. The van der Waals surface area contributed by atoms with E-state index < -0.39 is 24.0 Å². The molecular weight excluding hydrogens is 531 g/mol. The van der Waals surface area contributed by atoms with Crippen LogP contribution in [0.25, 0.3) is 10.3 Å². The number of ether oxygens (including phenoxy) is 1. The van der Waals surface area contributed by atoms with E-state index in [9.17, 15) is 22.8 Å². The molecule has 1 saturated heterocycles. The van der Waals surface area contributed by atoms with E-state index in [0.717, 1.165) is 25.8 Å². The van der Waals surface area contributed by atoms with E-state index in [1.807, 2.05) is 13.8 Å². The van der Waals surface area contributed by atoms with Gasteiger partial charge in [0.25, 0.3) is 0 Å². The number of amides is 2. The summed E-state index contributed by atoms with van der Waals surface area (Å²) in [6, 6.07) is 3.76. The van der Waals surface area contributed by atoms with Crippen molar-refractivity contribution in [3.63, 3.8) is 0 Å². The molecule has 1 aliphatic heterocycles. The first-order chi connectivity index (χ1) is 18.4. The normalized spacial score (nSPS) is 16.3. The lowest BCUT2D eigenvalue weighted by Crippen LogP contribution is -2.46. The van der Waals surface area contributed by atoms with Crippen LogP contribution in [0.5, 0.6) is 0 Å². The third-order valence-electron chi connectivity index (χ3n) is 7.17. The second kappa shape index (κ2) is 11.5. The zero-order valence-corrected chi connectivity index (χ0v) is 23.3. The topological polar surface area (TPSA) is 87.7 Å². The highest BCUT2D eigenvalue weighted by atomic mass is 32.1. The number of nitrogens with zero attached hydrogens (tertiary/aromatic N) is 4. The number of benzene rings is 1. The van der Waals surface area contributed by atoms with Crippen molar-refractivity contribution in [1.29, 1.82) is 0 Å². The number of carbonyl (C=O) groups excluding carboxylic acids is 2. The van der Waals surface area contributed by atoms with Crippen LogP contribution in [0.2, 0.25) is 0 Å². The maximum atomic E-state index is 14.2. The Kier molecular flexibility index (Phi) is 8.45. The van der Waals surface area contributed by atoms with E-state index >= 15 is 0 Å². The number of aromatic nitrogens is 2. The standard InChI is InChI=1S/C27H32F3N5O3S/c1-15(38-5)22-21(14-31-25-23(22)32-16(2)39-25)33-20-8-6-18(7-9-20)24(27(28,29)30)34(4)26(37)19-10-12-35(13-11-19)17(3)36/h6-9,14-15,19,24,33H,10-13H2,1-5H3/t15-,24-/m0/s1. The fraction of sp³-hybridized carbons (Fsp3) is 0.481. The van der Waals surface area contributed by atoms with Crippen molar-refractivity contribution in [2.75, 3.05) is 32.6 Å². The zero-order chi connectivity index (χ0) is 28.5. The largest absolute Gasteiger partial charge is 0.413 e. The number of carbonyl (C=O) groups is 2. The number of nitrogens with one attached hydrogen (secondary N) is 1. The number of hydrogen-bond acceptors (Lipinski definition) is 7. The second-order valence-electron chi connectivity index (χ2n) is 9.77. The molecule has 1 aliphatic rings. The van der Waals surface area contributed by atoms with Crippen LogP contribution in [0, 0.1) is 12.8 Å². The average Bonchev–Trinajstić information content (AvgIpc) is 3.28. The molecule has 210 valence electrons. The minimum absolute atomic E-state index is 0.0424. The van der Waals surface area contributed by atoms with Crippen LogP contribution >= 0.6 is 11.3 Å². The molecule has 39 heavy (non-hydrogen) atoms. The highest BCUT2D eigenvalue weighted by Gasteiger charge is 2.46. The van der Waals surface area contributed by atoms with Crippen molar-refractivity contribution < 1.29 is 27.5 Å². The number of alkyl halides is 3. The van der Waals surface area contributed by atoms with Crippen LogP contribution in [0.1, 0.15) is 55.0 Å². The highest BCUT2D eigenvalue weighted by molar-refractivity contribution is 7.18. The number of methoxy groups -OCH3 is 1. The second-order valence-corrected chi connectivity index (χ2v) is 11.0. The lowest BCUT2D eigenvalue weighted by Gasteiger charge is -2.36. The number of rotatable bonds is 7. The molecule has 0 aliphatic carbocycles. The van der Waals surface area contributed by atoms with Crippen LogP contribution in [0.3, 0.4) is 0 Å².